The summed E-state index contributed by atoms with van der Waals surface area (Å²) in [6.07, 6.45) is 2.48. The highest BCUT2D eigenvalue weighted by Crippen LogP contribution is 2.26. The minimum Gasteiger partial charge on any atom is -0.248 e. The Morgan fingerprint density at radius 2 is 2.10 bits per heavy atom. The van der Waals surface area contributed by atoms with Gasteiger partial charge in [0, 0.05) is 21.6 Å². The first-order valence-electron chi connectivity index (χ1n) is 5.91. The van der Waals surface area contributed by atoms with E-state index in [2.05, 4.69) is 25.6 Å². The first-order valence-corrected chi connectivity index (χ1v) is 9.00. The maximum atomic E-state index is 13.7. The van der Waals surface area contributed by atoms with Crippen LogP contribution in [0.1, 0.15) is 16.8 Å². The molecule has 2 rings (SSSR count). The van der Waals surface area contributed by atoms with E-state index in [4.69, 9.17) is 0 Å². The SMILES string of the molecule is CCc1cnc(CNS(=O)(=O)c2c(F)cc(F)cc2Br)s1. The fraction of sp³-hybridized carbons (Fsp3) is 0.250. The van der Waals surface area contributed by atoms with Crippen molar-refractivity contribution in [1.29, 1.82) is 0 Å². The van der Waals surface area contributed by atoms with Crippen LogP contribution in [0.4, 0.5) is 8.78 Å². The average Bonchev–Trinajstić information content (AvgIpc) is 2.82. The summed E-state index contributed by atoms with van der Waals surface area (Å²) in [5.74, 6) is -2.01. The van der Waals surface area contributed by atoms with Gasteiger partial charge in [0.05, 0.1) is 6.54 Å². The second-order valence-electron chi connectivity index (χ2n) is 4.10. The van der Waals surface area contributed by atoms with Crippen molar-refractivity contribution in [1.82, 2.24) is 9.71 Å². The van der Waals surface area contributed by atoms with Crippen molar-refractivity contribution in [3.05, 3.63) is 44.3 Å². The Morgan fingerprint density at radius 1 is 1.38 bits per heavy atom. The van der Waals surface area contributed by atoms with Gasteiger partial charge in [-0.25, -0.2) is 26.9 Å². The molecule has 9 heteroatoms. The molecule has 1 aromatic carbocycles. The van der Waals surface area contributed by atoms with Gasteiger partial charge in [0.25, 0.3) is 0 Å². The van der Waals surface area contributed by atoms with E-state index >= 15 is 0 Å². The number of aromatic nitrogens is 1. The molecule has 1 N–H and O–H groups in total. The minimum absolute atomic E-state index is 0.0454. The Morgan fingerprint density at radius 3 is 2.67 bits per heavy atom. The van der Waals surface area contributed by atoms with E-state index in [9.17, 15) is 17.2 Å². The second-order valence-corrected chi connectivity index (χ2v) is 7.85. The van der Waals surface area contributed by atoms with Crippen LogP contribution in [0.15, 0.2) is 27.7 Å². The molecular weight excluding hydrogens is 386 g/mol. The summed E-state index contributed by atoms with van der Waals surface area (Å²) in [5, 5.41) is 0.578. The number of nitrogens with one attached hydrogen (secondary N) is 1. The standard InChI is InChI=1S/C12H11BrF2N2O2S2/c1-2-8-5-16-11(20-8)6-17-21(18,19)12-9(13)3-7(14)4-10(12)15/h3-5,17H,2,6H2,1H3. The molecule has 2 aromatic rings. The summed E-state index contributed by atoms with van der Waals surface area (Å²) in [6, 6.07) is 1.42. The molecule has 0 bridgehead atoms. The molecule has 0 spiro atoms. The van der Waals surface area contributed by atoms with Crippen molar-refractivity contribution >= 4 is 37.3 Å². The Bertz CT molecular complexity index is 739. The van der Waals surface area contributed by atoms with Gasteiger partial charge in [-0.05, 0) is 28.4 Å². The van der Waals surface area contributed by atoms with Crippen LogP contribution in [0.5, 0.6) is 0 Å². The number of benzene rings is 1. The van der Waals surface area contributed by atoms with Gasteiger partial charge in [-0.2, -0.15) is 0 Å². The topological polar surface area (TPSA) is 59.1 Å². The molecule has 0 radical (unpaired) electrons. The van der Waals surface area contributed by atoms with E-state index in [1.165, 1.54) is 11.3 Å². The smallest absolute Gasteiger partial charge is 0.245 e. The summed E-state index contributed by atoms with van der Waals surface area (Å²) in [6.45, 7) is 1.92. The van der Waals surface area contributed by atoms with Crippen molar-refractivity contribution in [2.45, 2.75) is 24.8 Å². The van der Waals surface area contributed by atoms with Crippen molar-refractivity contribution in [2.75, 3.05) is 0 Å². The number of aryl methyl sites for hydroxylation is 1. The zero-order chi connectivity index (χ0) is 15.6. The third-order valence-electron chi connectivity index (χ3n) is 2.60. The molecule has 21 heavy (non-hydrogen) atoms. The molecule has 0 atom stereocenters. The summed E-state index contributed by atoms with van der Waals surface area (Å²) < 4.78 is 53.0. The Kier molecular flexibility index (Phi) is 5.07. The van der Waals surface area contributed by atoms with Gasteiger partial charge in [0.2, 0.25) is 10.0 Å². The highest BCUT2D eigenvalue weighted by Gasteiger charge is 2.23. The normalized spacial score (nSPS) is 11.8. The highest BCUT2D eigenvalue weighted by atomic mass is 79.9. The van der Waals surface area contributed by atoms with Gasteiger partial charge in [0.15, 0.2) is 0 Å². The van der Waals surface area contributed by atoms with Crippen LogP contribution in [-0.4, -0.2) is 13.4 Å². The third-order valence-corrected chi connectivity index (χ3v) is 6.10. The number of halogens is 3. The lowest BCUT2D eigenvalue weighted by atomic mass is 10.3. The van der Waals surface area contributed by atoms with Crippen molar-refractivity contribution in [3.8, 4) is 0 Å². The van der Waals surface area contributed by atoms with Crippen LogP contribution in [0.2, 0.25) is 0 Å². The predicted octanol–water partition coefficient (Wildman–Crippen LogP) is 3.22. The lowest BCUT2D eigenvalue weighted by Crippen LogP contribution is -2.24. The minimum atomic E-state index is -4.11. The molecule has 0 aliphatic rings. The number of sulfonamides is 1. The number of hydrogen-bond acceptors (Lipinski definition) is 4. The molecule has 0 fully saturated rings. The van der Waals surface area contributed by atoms with Crippen LogP contribution in [0.25, 0.3) is 0 Å². The quantitative estimate of drug-likeness (QED) is 0.843. The summed E-state index contributed by atoms with van der Waals surface area (Å²) in [4.78, 5) is 4.48. The van der Waals surface area contributed by atoms with E-state index in [1.54, 1.807) is 6.20 Å². The summed E-state index contributed by atoms with van der Waals surface area (Å²) >= 11 is 4.24. The van der Waals surface area contributed by atoms with Gasteiger partial charge in [-0.15, -0.1) is 11.3 Å². The average molecular weight is 397 g/mol. The van der Waals surface area contributed by atoms with Crippen LogP contribution in [-0.2, 0) is 23.0 Å². The van der Waals surface area contributed by atoms with Crippen LogP contribution >= 0.6 is 27.3 Å². The molecular formula is C12H11BrF2N2O2S2. The molecule has 1 heterocycles. The molecule has 0 saturated heterocycles. The lowest BCUT2D eigenvalue weighted by Gasteiger charge is -2.08. The Balaban J connectivity index is 2.23. The highest BCUT2D eigenvalue weighted by molar-refractivity contribution is 9.10. The van der Waals surface area contributed by atoms with Gasteiger partial charge in [-0.3, -0.25) is 0 Å². The molecule has 0 aliphatic carbocycles. The summed E-state index contributed by atoms with van der Waals surface area (Å²) in [5.41, 5.74) is 0. The molecule has 0 saturated carbocycles. The largest absolute Gasteiger partial charge is 0.248 e. The van der Waals surface area contributed by atoms with Crippen molar-refractivity contribution in [3.63, 3.8) is 0 Å². The number of nitrogens with zero attached hydrogens (tertiary/aromatic N) is 1. The number of thiazole rings is 1. The van der Waals surface area contributed by atoms with Crippen molar-refractivity contribution < 1.29 is 17.2 Å². The fourth-order valence-electron chi connectivity index (χ4n) is 1.61. The van der Waals surface area contributed by atoms with E-state index < -0.39 is 26.6 Å². The van der Waals surface area contributed by atoms with Crippen molar-refractivity contribution in [2.24, 2.45) is 0 Å². The molecule has 0 aliphatic heterocycles. The summed E-state index contributed by atoms with van der Waals surface area (Å²) in [7, 11) is -4.11. The zero-order valence-corrected chi connectivity index (χ0v) is 14.1. The van der Waals surface area contributed by atoms with E-state index in [0.717, 1.165) is 17.4 Å². The fourth-order valence-corrected chi connectivity index (χ4v) is 4.65. The first kappa shape index (κ1) is 16.5. The monoisotopic (exact) mass is 396 g/mol. The van der Waals surface area contributed by atoms with Gasteiger partial charge < -0.3 is 0 Å². The van der Waals surface area contributed by atoms with Gasteiger partial charge >= 0.3 is 0 Å². The zero-order valence-electron chi connectivity index (χ0n) is 10.9. The first-order chi connectivity index (χ1) is 9.83. The third kappa shape index (κ3) is 3.85. The predicted molar refractivity (Wildman–Crippen MR) is 79.6 cm³/mol. The maximum Gasteiger partial charge on any atom is 0.245 e. The Hall–Kier alpha value is -0.900. The molecule has 114 valence electrons. The van der Waals surface area contributed by atoms with Crippen LogP contribution in [0, 0.1) is 11.6 Å². The van der Waals surface area contributed by atoms with Crippen LogP contribution in [0.3, 0.4) is 0 Å². The molecule has 0 amide bonds. The molecule has 0 unspecified atom stereocenters. The lowest BCUT2D eigenvalue weighted by molar-refractivity contribution is 0.540. The van der Waals surface area contributed by atoms with E-state index in [-0.39, 0.29) is 11.0 Å². The second kappa shape index (κ2) is 6.47. The van der Waals surface area contributed by atoms with Gasteiger partial charge in [0.1, 0.15) is 21.5 Å². The Labute approximate surface area is 133 Å². The molecule has 1 aromatic heterocycles. The van der Waals surface area contributed by atoms with E-state index in [1.807, 2.05) is 6.92 Å². The number of hydrogen-bond donors (Lipinski definition) is 1. The van der Waals surface area contributed by atoms with Gasteiger partial charge in [-0.1, -0.05) is 6.92 Å². The molecule has 4 nitrogen and oxygen atoms in total. The maximum absolute atomic E-state index is 13.7. The van der Waals surface area contributed by atoms with E-state index in [0.29, 0.717) is 11.1 Å². The number of rotatable bonds is 5. The van der Waals surface area contributed by atoms with Crippen LogP contribution < -0.4 is 4.72 Å².